The summed E-state index contributed by atoms with van der Waals surface area (Å²) in [5, 5.41) is 0. The van der Waals surface area contributed by atoms with Crippen molar-refractivity contribution in [3.8, 4) is 28.5 Å². The molecule has 2 aromatic carbocycles. The summed E-state index contributed by atoms with van der Waals surface area (Å²) in [5.41, 5.74) is 1.75. The van der Waals surface area contributed by atoms with E-state index in [1.165, 1.54) is 83.2 Å². The molecule has 0 aliphatic heterocycles. The molecule has 6 nitrogen and oxygen atoms in total. The highest BCUT2D eigenvalue weighted by Gasteiger charge is 2.12. The SMILES string of the molecule is CCCCCCCCCCCOc1ccc(-c2cnc(C(=O)Oc3ccc(OCCCCCCC)cc3)cn2)cc1. The van der Waals surface area contributed by atoms with Crippen LogP contribution in [-0.4, -0.2) is 29.2 Å². The van der Waals surface area contributed by atoms with Crippen molar-refractivity contribution in [1.29, 1.82) is 0 Å². The number of nitrogens with zero attached hydrogens (tertiary/aromatic N) is 2. The minimum atomic E-state index is -0.547. The van der Waals surface area contributed by atoms with Gasteiger partial charge in [-0.2, -0.15) is 0 Å². The van der Waals surface area contributed by atoms with Gasteiger partial charge in [-0.3, -0.25) is 4.98 Å². The van der Waals surface area contributed by atoms with E-state index in [1.807, 2.05) is 36.4 Å². The number of esters is 1. The van der Waals surface area contributed by atoms with Gasteiger partial charge < -0.3 is 14.2 Å². The third-order valence-corrected chi connectivity index (χ3v) is 7.08. The predicted molar refractivity (Wildman–Crippen MR) is 166 cm³/mol. The Morgan fingerprint density at radius 1 is 0.561 bits per heavy atom. The van der Waals surface area contributed by atoms with Crippen LogP contribution in [0.25, 0.3) is 11.3 Å². The van der Waals surface area contributed by atoms with Gasteiger partial charge in [-0.25, -0.2) is 9.78 Å². The van der Waals surface area contributed by atoms with E-state index >= 15 is 0 Å². The zero-order valence-corrected chi connectivity index (χ0v) is 25.1. The smallest absolute Gasteiger partial charge is 0.363 e. The lowest BCUT2D eigenvalue weighted by Gasteiger charge is -2.08. The van der Waals surface area contributed by atoms with Crippen LogP contribution in [0.4, 0.5) is 0 Å². The van der Waals surface area contributed by atoms with Crippen LogP contribution in [0.3, 0.4) is 0 Å². The lowest BCUT2D eigenvalue weighted by atomic mass is 10.1. The average Bonchev–Trinajstić information content (AvgIpc) is 3.01. The van der Waals surface area contributed by atoms with Crippen molar-refractivity contribution < 1.29 is 19.0 Å². The molecule has 0 saturated carbocycles. The number of hydrogen-bond donors (Lipinski definition) is 0. The van der Waals surface area contributed by atoms with Gasteiger partial charge in [0.05, 0.1) is 31.3 Å². The van der Waals surface area contributed by atoms with Crippen molar-refractivity contribution in [3.63, 3.8) is 0 Å². The summed E-state index contributed by atoms with van der Waals surface area (Å²) in [7, 11) is 0. The highest BCUT2D eigenvalue weighted by Crippen LogP contribution is 2.22. The number of rotatable bonds is 21. The summed E-state index contributed by atoms with van der Waals surface area (Å²) in [6.45, 7) is 5.90. The molecule has 222 valence electrons. The molecule has 0 radical (unpaired) electrons. The molecule has 0 atom stereocenters. The van der Waals surface area contributed by atoms with Gasteiger partial charge in [-0.1, -0.05) is 90.9 Å². The molecular weight excluding hydrogens is 512 g/mol. The Morgan fingerprint density at radius 2 is 1.02 bits per heavy atom. The van der Waals surface area contributed by atoms with Gasteiger partial charge >= 0.3 is 5.97 Å². The van der Waals surface area contributed by atoms with Crippen molar-refractivity contribution in [2.45, 2.75) is 104 Å². The fraction of sp³-hybridized carbons (Fsp3) is 0.514. The molecule has 3 rings (SSSR count). The fourth-order valence-corrected chi connectivity index (χ4v) is 4.57. The van der Waals surface area contributed by atoms with Gasteiger partial charge in [0, 0.05) is 5.56 Å². The number of benzene rings is 2. The second kappa shape index (κ2) is 19.6. The highest BCUT2D eigenvalue weighted by atomic mass is 16.5. The van der Waals surface area contributed by atoms with Crippen molar-refractivity contribution in [2.75, 3.05) is 13.2 Å². The van der Waals surface area contributed by atoms with Crippen LogP contribution in [0.2, 0.25) is 0 Å². The first kappa shape index (κ1) is 32.1. The van der Waals surface area contributed by atoms with Gasteiger partial charge in [-0.15, -0.1) is 0 Å². The molecule has 6 heteroatoms. The maximum absolute atomic E-state index is 12.6. The number of ether oxygens (including phenoxy) is 3. The van der Waals surface area contributed by atoms with E-state index in [-0.39, 0.29) is 5.69 Å². The minimum absolute atomic E-state index is 0.155. The van der Waals surface area contributed by atoms with Crippen LogP contribution >= 0.6 is 0 Å². The van der Waals surface area contributed by atoms with Crippen LogP contribution in [0.5, 0.6) is 17.2 Å². The first-order valence-corrected chi connectivity index (χ1v) is 15.7. The standard InChI is InChI=1S/C35H48N2O4/c1-3-5-7-9-10-11-12-14-16-26-39-30-19-17-29(18-20-30)33-27-37-34(28-36-33)35(38)41-32-23-21-31(22-24-32)40-25-15-13-8-6-4-2/h17-24,27-28H,3-16,25-26H2,1-2H3. The lowest BCUT2D eigenvalue weighted by molar-refractivity contribution is 0.0728. The van der Waals surface area contributed by atoms with Crippen molar-refractivity contribution in [3.05, 3.63) is 66.6 Å². The van der Waals surface area contributed by atoms with Gasteiger partial charge in [-0.05, 0) is 61.4 Å². The van der Waals surface area contributed by atoms with Crippen LogP contribution in [-0.2, 0) is 0 Å². The first-order chi connectivity index (χ1) is 20.2. The van der Waals surface area contributed by atoms with Crippen molar-refractivity contribution >= 4 is 5.97 Å². The normalized spacial score (nSPS) is 10.9. The van der Waals surface area contributed by atoms with Gasteiger partial charge in [0.15, 0.2) is 5.69 Å². The molecule has 41 heavy (non-hydrogen) atoms. The molecule has 0 aliphatic carbocycles. The number of carbonyl (C=O) groups is 1. The third kappa shape index (κ3) is 12.8. The molecule has 3 aromatic rings. The molecule has 1 aromatic heterocycles. The molecular formula is C35H48N2O4. The monoisotopic (exact) mass is 560 g/mol. The van der Waals surface area contributed by atoms with Crippen LogP contribution in [0.15, 0.2) is 60.9 Å². The predicted octanol–water partition coefficient (Wildman–Crippen LogP) is 9.62. The Morgan fingerprint density at radius 3 is 1.51 bits per heavy atom. The quantitative estimate of drug-likeness (QED) is 0.0734. The van der Waals surface area contributed by atoms with Crippen LogP contribution < -0.4 is 14.2 Å². The Balaban J connectivity index is 1.35. The average molecular weight is 561 g/mol. The highest BCUT2D eigenvalue weighted by molar-refractivity contribution is 5.88. The molecule has 0 N–H and O–H groups in total. The summed E-state index contributed by atoms with van der Waals surface area (Å²) in [5.74, 6) is 1.51. The lowest BCUT2D eigenvalue weighted by Crippen LogP contribution is -2.11. The van der Waals surface area contributed by atoms with E-state index in [2.05, 4.69) is 23.8 Å². The Bertz CT molecular complexity index is 1100. The van der Waals surface area contributed by atoms with Crippen molar-refractivity contribution in [2.24, 2.45) is 0 Å². The summed E-state index contributed by atoms with van der Waals surface area (Å²) >= 11 is 0. The molecule has 0 aliphatic rings. The second-order valence-corrected chi connectivity index (χ2v) is 10.6. The number of unbranched alkanes of at least 4 members (excludes halogenated alkanes) is 12. The molecule has 0 spiro atoms. The molecule has 0 amide bonds. The minimum Gasteiger partial charge on any atom is -0.494 e. The van der Waals surface area contributed by atoms with E-state index < -0.39 is 5.97 Å². The summed E-state index contributed by atoms with van der Waals surface area (Å²) in [6, 6.07) is 14.9. The summed E-state index contributed by atoms with van der Waals surface area (Å²) in [4.78, 5) is 21.2. The van der Waals surface area contributed by atoms with E-state index in [4.69, 9.17) is 14.2 Å². The Hall–Kier alpha value is -3.41. The third-order valence-electron chi connectivity index (χ3n) is 7.08. The zero-order valence-electron chi connectivity index (χ0n) is 25.1. The zero-order chi connectivity index (χ0) is 29.0. The molecule has 1 heterocycles. The topological polar surface area (TPSA) is 70.5 Å². The number of hydrogen-bond acceptors (Lipinski definition) is 6. The van der Waals surface area contributed by atoms with E-state index in [0.29, 0.717) is 18.1 Å². The molecule has 0 saturated heterocycles. The summed E-state index contributed by atoms with van der Waals surface area (Å²) < 4.78 is 17.1. The molecule has 0 unspecified atom stereocenters. The van der Waals surface area contributed by atoms with Gasteiger partial charge in [0.2, 0.25) is 0 Å². The van der Waals surface area contributed by atoms with Crippen LogP contribution in [0, 0.1) is 0 Å². The second-order valence-electron chi connectivity index (χ2n) is 10.6. The maximum Gasteiger partial charge on any atom is 0.363 e. The first-order valence-electron chi connectivity index (χ1n) is 15.7. The Kier molecular flexibility index (Phi) is 15.4. The number of aromatic nitrogens is 2. The van der Waals surface area contributed by atoms with E-state index in [0.717, 1.165) is 36.5 Å². The fourth-order valence-electron chi connectivity index (χ4n) is 4.57. The van der Waals surface area contributed by atoms with Gasteiger partial charge in [0.1, 0.15) is 17.2 Å². The number of carbonyl (C=O) groups excluding carboxylic acids is 1. The molecule has 0 fully saturated rings. The van der Waals surface area contributed by atoms with E-state index in [9.17, 15) is 4.79 Å². The van der Waals surface area contributed by atoms with Gasteiger partial charge in [0.25, 0.3) is 0 Å². The van der Waals surface area contributed by atoms with Crippen molar-refractivity contribution in [1.82, 2.24) is 9.97 Å². The largest absolute Gasteiger partial charge is 0.494 e. The van der Waals surface area contributed by atoms with E-state index in [1.54, 1.807) is 18.3 Å². The summed E-state index contributed by atoms with van der Waals surface area (Å²) in [6.07, 6.45) is 20.7. The maximum atomic E-state index is 12.6. The van der Waals surface area contributed by atoms with Crippen LogP contribution in [0.1, 0.15) is 114 Å². The Labute approximate surface area is 246 Å². The molecule has 0 bridgehead atoms.